The molecule has 0 aromatic rings. The molecule has 0 amide bonds. The Morgan fingerprint density at radius 3 is 1.50 bits per heavy atom. The maximum absolute atomic E-state index is 5.57. The number of hydrogen-bond donors (Lipinski definition) is 2. The van der Waals surface area contributed by atoms with Gasteiger partial charge in [-0.2, -0.15) is 0 Å². The molecule has 2 aliphatic carbocycles. The Hall–Kier alpha value is -0.160. The lowest BCUT2D eigenvalue weighted by molar-refractivity contribution is -0.0518. The molecule has 0 aromatic heterocycles. The first-order valence-corrected chi connectivity index (χ1v) is 8.58. The van der Waals surface area contributed by atoms with E-state index in [1.165, 1.54) is 64.5 Å². The van der Waals surface area contributed by atoms with Gasteiger partial charge in [0.1, 0.15) is 0 Å². The lowest BCUT2D eigenvalue weighted by atomic mass is 9.86. The maximum atomic E-state index is 5.57. The zero-order valence-corrected chi connectivity index (χ0v) is 12.6. The molecule has 0 bridgehead atoms. The fourth-order valence-electron chi connectivity index (χ4n) is 4.07. The summed E-state index contributed by atoms with van der Waals surface area (Å²) in [5, 5.41) is 6.52. The molecule has 4 atom stereocenters. The molecule has 4 aliphatic rings. The van der Waals surface area contributed by atoms with Crippen LogP contribution in [0.3, 0.4) is 0 Å². The van der Waals surface area contributed by atoms with Gasteiger partial charge in [0.15, 0.2) is 0 Å². The minimum Gasteiger partial charge on any atom is -0.363 e. The molecule has 4 nitrogen and oxygen atoms in total. The molecule has 20 heavy (non-hydrogen) atoms. The van der Waals surface area contributed by atoms with Crippen LogP contribution >= 0.6 is 0 Å². The van der Waals surface area contributed by atoms with Gasteiger partial charge in [0.05, 0.1) is 25.7 Å². The van der Waals surface area contributed by atoms with E-state index in [9.17, 15) is 0 Å². The predicted octanol–water partition coefficient (Wildman–Crippen LogP) is 2.25. The lowest BCUT2D eigenvalue weighted by Gasteiger charge is -2.35. The van der Waals surface area contributed by atoms with E-state index < -0.39 is 0 Å². The SMILES string of the molecule is C1CCC2OCNCC2C1.C1CCC2OCNCC2C1. The average Bonchev–Trinajstić information content (AvgIpc) is 2.56. The van der Waals surface area contributed by atoms with Crippen molar-refractivity contribution < 1.29 is 9.47 Å². The van der Waals surface area contributed by atoms with E-state index in [0.717, 1.165) is 25.3 Å². The fraction of sp³-hybridized carbons (Fsp3) is 1.00. The minimum atomic E-state index is 0.593. The molecular formula is C16H30N2O2. The van der Waals surface area contributed by atoms with Gasteiger partial charge < -0.3 is 9.47 Å². The first kappa shape index (κ1) is 14.8. The van der Waals surface area contributed by atoms with Gasteiger partial charge in [0, 0.05) is 13.1 Å². The highest BCUT2D eigenvalue weighted by Crippen LogP contribution is 2.28. The van der Waals surface area contributed by atoms with Crippen molar-refractivity contribution >= 4 is 0 Å². The summed E-state index contributed by atoms with van der Waals surface area (Å²) in [6, 6.07) is 0. The van der Waals surface area contributed by atoms with E-state index in [1.54, 1.807) is 0 Å². The topological polar surface area (TPSA) is 42.5 Å². The summed E-state index contributed by atoms with van der Waals surface area (Å²) in [7, 11) is 0. The molecule has 4 heteroatoms. The van der Waals surface area contributed by atoms with Crippen molar-refractivity contribution in [3.8, 4) is 0 Å². The first-order chi connectivity index (χ1) is 9.93. The van der Waals surface area contributed by atoms with Gasteiger partial charge in [-0.25, -0.2) is 0 Å². The quantitative estimate of drug-likeness (QED) is 0.715. The number of fused-ring (bicyclic) bond motifs is 2. The highest BCUT2D eigenvalue weighted by Gasteiger charge is 2.28. The summed E-state index contributed by atoms with van der Waals surface area (Å²) in [6.07, 6.45) is 12.1. The van der Waals surface area contributed by atoms with E-state index in [4.69, 9.17) is 9.47 Å². The Kier molecular flexibility index (Phi) is 5.71. The van der Waals surface area contributed by atoms with Crippen molar-refractivity contribution in [1.82, 2.24) is 10.6 Å². The summed E-state index contributed by atoms with van der Waals surface area (Å²) in [6.45, 7) is 3.93. The van der Waals surface area contributed by atoms with Crippen LogP contribution in [0.2, 0.25) is 0 Å². The molecule has 2 aliphatic heterocycles. The van der Waals surface area contributed by atoms with Crippen molar-refractivity contribution in [3.63, 3.8) is 0 Å². The maximum Gasteiger partial charge on any atom is 0.0969 e. The molecular weight excluding hydrogens is 252 g/mol. The van der Waals surface area contributed by atoms with Crippen molar-refractivity contribution in [2.24, 2.45) is 11.8 Å². The summed E-state index contributed by atoms with van der Waals surface area (Å²) < 4.78 is 11.1. The van der Waals surface area contributed by atoms with Crippen molar-refractivity contribution in [2.75, 3.05) is 26.6 Å². The highest BCUT2D eigenvalue weighted by atomic mass is 16.5. The molecule has 116 valence electrons. The van der Waals surface area contributed by atoms with Crippen LogP contribution in [0.1, 0.15) is 51.4 Å². The molecule has 2 heterocycles. The second-order valence-corrected chi connectivity index (χ2v) is 6.70. The third kappa shape index (κ3) is 3.94. The van der Waals surface area contributed by atoms with Crippen LogP contribution in [-0.2, 0) is 9.47 Å². The zero-order chi connectivity index (χ0) is 13.6. The van der Waals surface area contributed by atoms with Crippen molar-refractivity contribution in [3.05, 3.63) is 0 Å². The van der Waals surface area contributed by atoms with Gasteiger partial charge in [-0.05, 0) is 37.5 Å². The van der Waals surface area contributed by atoms with Gasteiger partial charge in [-0.15, -0.1) is 0 Å². The number of ether oxygens (including phenoxy) is 2. The molecule has 0 radical (unpaired) electrons. The molecule has 4 fully saturated rings. The average molecular weight is 282 g/mol. The van der Waals surface area contributed by atoms with E-state index in [-0.39, 0.29) is 0 Å². The lowest BCUT2D eigenvalue weighted by Crippen LogP contribution is -2.43. The smallest absolute Gasteiger partial charge is 0.0969 e. The Balaban J connectivity index is 0.000000121. The zero-order valence-electron chi connectivity index (χ0n) is 12.6. The van der Waals surface area contributed by atoms with Crippen LogP contribution < -0.4 is 10.6 Å². The van der Waals surface area contributed by atoms with E-state index >= 15 is 0 Å². The molecule has 0 spiro atoms. The third-order valence-corrected chi connectivity index (χ3v) is 5.29. The molecule has 2 saturated heterocycles. The molecule has 2 saturated carbocycles. The van der Waals surface area contributed by atoms with Crippen LogP contribution in [0.5, 0.6) is 0 Å². The first-order valence-electron chi connectivity index (χ1n) is 8.58. The second-order valence-electron chi connectivity index (χ2n) is 6.70. The Bertz CT molecular complexity index is 208. The predicted molar refractivity (Wildman–Crippen MR) is 79.4 cm³/mol. The van der Waals surface area contributed by atoms with Crippen LogP contribution in [0.15, 0.2) is 0 Å². The molecule has 2 N–H and O–H groups in total. The van der Waals surface area contributed by atoms with Crippen molar-refractivity contribution in [2.45, 2.75) is 63.6 Å². The molecule has 4 rings (SSSR count). The second kappa shape index (κ2) is 7.74. The Labute approximate surface area is 123 Å². The number of nitrogens with one attached hydrogen (secondary N) is 2. The third-order valence-electron chi connectivity index (χ3n) is 5.29. The van der Waals surface area contributed by atoms with Crippen LogP contribution in [0.4, 0.5) is 0 Å². The highest BCUT2D eigenvalue weighted by molar-refractivity contribution is 4.80. The standard InChI is InChI=1S/2C8H15NO/c2*1-2-4-8-7(3-1)5-9-6-10-8/h2*7-9H,1-6H2. The van der Waals surface area contributed by atoms with Gasteiger partial charge in [-0.1, -0.05) is 25.7 Å². The minimum absolute atomic E-state index is 0.593. The summed E-state index contributed by atoms with van der Waals surface area (Å²) in [5.41, 5.74) is 0. The van der Waals surface area contributed by atoms with E-state index in [2.05, 4.69) is 10.6 Å². The van der Waals surface area contributed by atoms with Gasteiger partial charge in [-0.3, -0.25) is 10.6 Å². The molecule has 0 aromatic carbocycles. The van der Waals surface area contributed by atoms with Crippen LogP contribution in [0.25, 0.3) is 0 Å². The van der Waals surface area contributed by atoms with Gasteiger partial charge in [0.25, 0.3) is 0 Å². The number of hydrogen-bond acceptors (Lipinski definition) is 4. The largest absolute Gasteiger partial charge is 0.363 e. The Morgan fingerprint density at radius 2 is 1.05 bits per heavy atom. The fourth-order valence-corrected chi connectivity index (χ4v) is 4.07. The van der Waals surface area contributed by atoms with Crippen LogP contribution in [-0.4, -0.2) is 38.8 Å². The van der Waals surface area contributed by atoms with Crippen molar-refractivity contribution in [1.29, 1.82) is 0 Å². The van der Waals surface area contributed by atoms with E-state index in [0.29, 0.717) is 12.2 Å². The summed E-state index contributed by atoms with van der Waals surface area (Å²) in [5.74, 6) is 1.64. The monoisotopic (exact) mass is 282 g/mol. The van der Waals surface area contributed by atoms with E-state index in [1.807, 2.05) is 0 Å². The van der Waals surface area contributed by atoms with Gasteiger partial charge >= 0.3 is 0 Å². The Morgan fingerprint density at radius 1 is 0.600 bits per heavy atom. The number of rotatable bonds is 0. The van der Waals surface area contributed by atoms with Gasteiger partial charge in [0.2, 0.25) is 0 Å². The summed E-state index contributed by atoms with van der Waals surface area (Å²) in [4.78, 5) is 0. The molecule has 4 unspecified atom stereocenters. The summed E-state index contributed by atoms with van der Waals surface area (Å²) >= 11 is 0. The van der Waals surface area contributed by atoms with Crippen LogP contribution in [0, 0.1) is 11.8 Å². The normalized spacial score (nSPS) is 40.8.